The average molecular weight is 564 g/mol. The van der Waals surface area contributed by atoms with Crippen molar-refractivity contribution in [2.24, 2.45) is 0 Å². The van der Waals surface area contributed by atoms with E-state index < -0.39 is 26.0 Å². The van der Waals surface area contributed by atoms with Crippen LogP contribution >= 0.6 is 0 Å². The highest BCUT2D eigenvalue weighted by Crippen LogP contribution is 2.25. The molecule has 202 valence electrons. The largest absolute Gasteiger partial charge is 0.322 e. The maximum absolute atomic E-state index is 12.9. The van der Waals surface area contributed by atoms with Crippen molar-refractivity contribution < 1.29 is 21.6 Å². The van der Waals surface area contributed by atoms with Crippen molar-refractivity contribution in [3.63, 3.8) is 0 Å². The quantitative estimate of drug-likeness (QED) is 0.286. The summed E-state index contributed by atoms with van der Waals surface area (Å²) in [5.74, 6) is -0.417. The van der Waals surface area contributed by atoms with Crippen LogP contribution in [0.2, 0.25) is 0 Å². The van der Waals surface area contributed by atoms with Crippen molar-refractivity contribution in [2.45, 2.75) is 25.3 Å². The number of aryl methyl sites for hydroxylation is 2. The first-order valence-electron chi connectivity index (χ1n) is 12.1. The lowest BCUT2D eigenvalue weighted by Gasteiger charge is -2.22. The number of benzene rings is 4. The number of hydrogen-bond donors (Lipinski definition) is 2. The Morgan fingerprint density at radius 3 is 1.90 bits per heavy atom. The van der Waals surface area contributed by atoms with Gasteiger partial charge in [0.2, 0.25) is 10.0 Å². The van der Waals surface area contributed by atoms with Gasteiger partial charge in [-0.3, -0.25) is 13.8 Å². The molecular formula is C29H29N3O5S2. The van der Waals surface area contributed by atoms with Gasteiger partial charge >= 0.3 is 0 Å². The van der Waals surface area contributed by atoms with Gasteiger partial charge in [0, 0.05) is 11.3 Å². The topological polar surface area (TPSA) is 113 Å². The molecule has 0 unspecified atom stereocenters. The van der Waals surface area contributed by atoms with Crippen molar-refractivity contribution in [1.82, 2.24) is 0 Å². The summed E-state index contributed by atoms with van der Waals surface area (Å²) >= 11 is 0. The van der Waals surface area contributed by atoms with Crippen molar-refractivity contribution >= 4 is 43.0 Å². The summed E-state index contributed by atoms with van der Waals surface area (Å²) in [4.78, 5) is 12.9. The third-order valence-corrected chi connectivity index (χ3v) is 8.63. The molecular weight excluding hydrogens is 534 g/mol. The zero-order chi connectivity index (χ0) is 28.2. The normalized spacial score (nSPS) is 11.6. The molecule has 0 aliphatic rings. The van der Waals surface area contributed by atoms with E-state index in [-0.39, 0.29) is 11.4 Å². The SMILES string of the molecule is Cc1cccc(C)c1NS(=O)(=O)c1ccc(NC(=O)c2ccc(N(Cc3ccccc3)S(C)(=O)=O)cc2)cc1. The number of nitrogens with zero attached hydrogens (tertiary/aromatic N) is 1. The molecule has 0 aliphatic heterocycles. The van der Waals surface area contributed by atoms with Crippen LogP contribution in [0.15, 0.2) is 102 Å². The van der Waals surface area contributed by atoms with E-state index in [4.69, 9.17) is 0 Å². The zero-order valence-corrected chi connectivity index (χ0v) is 23.4. The molecule has 0 saturated heterocycles. The van der Waals surface area contributed by atoms with E-state index in [0.29, 0.717) is 22.6 Å². The van der Waals surface area contributed by atoms with E-state index >= 15 is 0 Å². The molecule has 0 fully saturated rings. The van der Waals surface area contributed by atoms with E-state index in [1.165, 1.54) is 28.6 Å². The second-order valence-corrected chi connectivity index (χ2v) is 12.7. The summed E-state index contributed by atoms with van der Waals surface area (Å²) in [5, 5.41) is 2.74. The summed E-state index contributed by atoms with van der Waals surface area (Å²) in [5.41, 5.74) is 4.17. The Kier molecular flexibility index (Phi) is 8.08. The van der Waals surface area contributed by atoms with Crippen LogP contribution < -0.4 is 14.3 Å². The van der Waals surface area contributed by atoms with Gasteiger partial charge in [0.25, 0.3) is 15.9 Å². The number of nitrogens with one attached hydrogen (secondary N) is 2. The minimum absolute atomic E-state index is 0.0618. The summed E-state index contributed by atoms with van der Waals surface area (Å²) in [6, 6.07) is 26.8. The van der Waals surface area contributed by atoms with Crippen LogP contribution in [-0.2, 0) is 26.6 Å². The fraction of sp³-hybridized carbons (Fsp3) is 0.138. The highest BCUT2D eigenvalue weighted by Gasteiger charge is 2.19. The third kappa shape index (κ3) is 6.84. The molecule has 10 heteroatoms. The van der Waals surface area contributed by atoms with Crippen LogP contribution in [0.5, 0.6) is 0 Å². The molecule has 0 aromatic heterocycles. The highest BCUT2D eigenvalue weighted by molar-refractivity contribution is 7.92. The fourth-order valence-electron chi connectivity index (χ4n) is 4.02. The van der Waals surface area contributed by atoms with Crippen LogP contribution in [0.4, 0.5) is 17.1 Å². The van der Waals surface area contributed by atoms with Gasteiger partial charge in [0.1, 0.15) is 0 Å². The lowest BCUT2D eigenvalue weighted by atomic mass is 10.1. The lowest BCUT2D eigenvalue weighted by molar-refractivity contribution is 0.102. The number of amides is 1. The molecule has 2 N–H and O–H groups in total. The predicted octanol–water partition coefficient (Wildman–Crippen LogP) is 5.32. The van der Waals surface area contributed by atoms with E-state index in [9.17, 15) is 21.6 Å². The molecule has 0 aliphatic carbocycles. The summed E-state index contributed by atoms with van der Waals surface area (Å²) < 4.78 is 54.5. The van der Waals surface area contributed by atoms with Crippen LogP contribution in [0.25, 0.3) is 0 Å². The smallest absolute Gasteiger partial charge is 0.261 e. The first-order chi connectivity index (χ1) is 18.4. The first-order valence-corrected chi connectivity index (χ1v) is 15.4. The molecule has 0 spiro atoms. The van der Waals surface area contributed by atoms with Crippen molar-refractivity contribution in [3.05, 3.63) is 119 Å². The van der Waals surface area contributed by atoms with Gasteiger partial charge in [-0.1, -0.05) is 48.5 Å². The van der Waals surface area contributed by atoms with Crippen LogP contribution in [-0.4, -0.2) is 29.0 Å². The molecule has 4 rings (SSSR count). The Hall–Kier alpha value is -4.15. The molecule has 4 aromatic carbocycles. The molecule has 4 aromatic rings. The Morgan fingerprint density at radius 2 is 1.33 bits per heavy atom. The minimum Gasteiger partial charge on any atom is -0.322 e. The number of para-hydroxylation sites is 1. The summed E-state index contributed by atoms with van der Waals surface area (Å²) in [6.45, 7) is 3.83. The number of hydrogen-bond acceptors (Lipinski definition) is 5. The van der Waals surface area contributed by atoms with Crippen molar-refractivity contribution in [1.29, 1.82) is 0 Å². The Morgan fingerprint density at radius 1 is 0.744 bits per heavy atom. The minimum atomic E-state index is -3.82. The van der Waals surface area contributed by atoms with Gasteiger partial charge < -0.3 is 5.32 Å². The fourth-order valence-corrected chi connectivity index (χ4v) is 6.11. The van der Waals surface area contributed by atoms with Crippen molar-refractivity contribution in [2.75, 3.05) is 20.6 Å². The maximum atomic E-state index is 12.9. The van der Waals surface area contributed by atoms with Gasteiger partial charge in [-0.2, -0.15) is 0 Å². The number of sulfonamides is 2. The second-order valence-electron chi connectivity index (χ2n) is 9.15. The Balaban J connectivity index is 1.46. The number of anilines is 3. The summed E-state index contributed by atoms with van der Waals surface area (Å²) in [7, 11) is -7.38. The Bertz CT molecular complexity index is 1670. The number of carbonyl (C=O) groups is 1. The standard InChI is InChI=1S/C29H29N3O5S2/c1-21-8-7-9-22(2)28(21)31-39(36,37)27-18-14-25(15-19-27)30-29(33)24-12-16-26(17-13-24)32(38(3,34)35)20-23-10-5-4-6-11-23/h4-19,31H,20H2,1-3H3,(H,30,33). The first kappa shape index (κ1) is 27.9. The average Bonchev–Trinajstić information content (AvgIpc) is 2.90. The second kappa shape index (κ2) is 11.3. The van der Waals surface area contributed by atoms with Crippen LogP contribution in [0.3, 0.4) is 0 Å². The van der Waals surface area contributed by atoms with Gasteiger partial charge in [0.05, 0.1) is 29.1 Å². The molecule has 8 nitrogen and oxygen atoms in total. The predicted molar refractivity (Wildman–Crippen MR) is 155 cm³/mol. The monoisotopic (exact) mass is 563 g/mol. The lowest BCUT2D eigenvalue weighted by Crippen LogP contribution is -2.29. The maximum Gasteiger partial charge on any atom is 0.261 e. The molecule has 0 atom stereocenters. The highest BCUT2D eigenvalue weighted by atomic mass is 32.2. The van der Waals surface area contributed by atoms with E-state index in [1.54, 1.807) is 24.3 Å². The van der Waals surface area contributed by atoms with E-state index in [2.05, 4.69) is 10.0 Å². The number of carbonyl (C=O) groups excluding carboxylic acids is 1. The van der Waals surface area contributed by atoms with Crippen molar-refractivity contribution in [3.8, 4) is 0 Å². The molecule has 0 heterocycles. The third-order valence-electron chi connectivity index (χ3n) is 6.13. The Labute approximate surface area is 229 Å². The van der Waals surface area contributed by atoms with Crippen LogP contribution in [0, 0.1) is 13.8 Å². The molecule has 0 saturated carbocycles. The zero-order valence-electron chi connectivity index (χ0n) is 21.7. The van der Waals surface area contributed by atoms with E-state index in [1.807, 2.05) is 62.4 Å². The molecule has 0 radical (unpaired) electrons. The van der Waals surface area contributed by atoms with Crippen LogP contribution in [0.1, 0.15) is 27.0 Å². The molecule has 0 bridgehead atoms. The van der Waals surface area contributed by atoms with E-state index in [0.717, 1.165) is 22.9 Å². The number of rotatable bonds is 9. The van der Waals surface area contributed by atoms with Gasteiger partial charge in [-0.15, -0.1) is 0 Å². The van der Waals surface area contributed by atoms with Gasteiger partial charge in [-0.05, 0) is 79.1 Å². The summed E-state index contributed by atoms with van der Waals surface area (Å²) in [6.07, 6.45) is 1.14. The van der Waals surface area contributed by atoms with Gasteiger partial charge in [-0.25, -0.2) is 16.8 Å². The molecule has 39 heavy (non-hydrogen) atoms. The van der Waals surface area contributed by atoms with Gasteiger partial charge in [0.15, 0.2) is 0 Å². The molecule has 1 amide bonds.